The molecule has 94 valence electrons. The van der Waals surface area contributed by atoms with Crippen molar-refractivity contribution in [3.63, 3.8) is 0 Å². The van der Waals surface area contributed by atoms with E-state index in [1.54, 1.807) is 14.1 Å². The highest BCUT2D eigenvalue weighted by Gasteiger charge is 2.03. The van der Waals surface area contributed by atoms with Crippen LogP contribution in [0.4, 0.5) is 0 Å². The zero-order chi connectivity index (χ0) is 11.8. The van der Waals surface area contributed by atoms with Gasteiger partial charge in [-0.3, -0.25) is 0 Å². The van der Waals surface area contributed by atoms with E-state index in [2.05, 4.69) is 4.84 Å². The first-order chi connectivity index (χ1) is 6.91. The summed E-state index contributed by atoms with van der Waals surface area (Å²) >= 11 is 0. The first kappa shape index (κ1) is 17.3. The van der Waals surface area contributed by atoms with Gasteiger partial charge in [0.15, 0.2) is 0 Å². The topological polar surface area (TPSA) is 55.8 Å². The van der Waals surface area contributed by atoms with Crippen molar-refractivity contribution in [1.82, 2.24) is 5.06 Å². The number of carbonyl (C=O) groups excluding carboxylic acids is 2. The van der Waals surface area contributed by atoms with Crippen LogP contribution in [0.1, 0.15) is 13.8 Å². The van der Waals surface area contributed by atoms with Gasteiger partial charge in [0, 0.05) is 26.2 Å². The average molecular weight is 252 g/mol. The average Bonchev–Trinajstić information content (AvgIpc) is 2.10. The lowest BCUT2D eigenvalue weighted by molar-refractivity contribution is -0.171. The van der Waals surface area contributed by atoms with Gasteiger partial charge in [0.2, 0.25) is 0 Å². The van der Waals surface area contributed by atoms with Crippen LogP contribution >= 0.6 is 12.4 Å². The lowest BCUT2D eigenvalue weighted by Gasteiger charge is -2.07. The minimum absolute atomic E-state index is 0. The summed E-state index contributed by atoms with van der Waals surface area (Å²) in [6.07, 6.45) is 2.08. The van der Waals surface area contributed by atoms with E-state index in [1.807, 2.05) is 13.8 Å². The molecule has 0 bridgehead atoms. The molecule has 0 amide bonds. The van der Waals surface area contributed by atoms with Gasteiger partial charge >= 0.3 is 11.9 Å². The van der Waals surface area contributed by atoms with Crippen molar-refractivity contribution in [2.45, 2.75) is 13.8 Å². The summed E-state index contributed by atoms with van der Waals surface area (Å²) in [6, 6.07) is 0. The van der Waals surface area contributed by atoms with E-state index in [0.29, 0.717) is 6.61 Å². The molecule has 0 saturated carbocycles. The molecule has 0 fully saturated rings. The standard InChI is InChI=1S/C10H17NO4.ClH/c1-8(2)7-14-9(12)5-6-10(13)15-11(3)4;/h5-6,8H,7H2,1-4H3;1H/b6-5+;. The molecule has 0 aromatic carbocycles. The Kier molecular flexibility index (Phi) is 9.94. The van der Waals surface area contributed by atoms with Crippen molar-refractivity contribution in [2.24, 2.45) is 5.92 Å². The maximum absolute atomic E-state index is 11.0. The fourth-order valence-corrected chi connectivity index (χ4v) is 0.643. The summed E-state index contributed by atoms with van der Waals surface area (Å²) in [5.41, 5.74) is 0. The highest BCUT2D eigenvalue weighted by molar-refractivity contribution is 5.91. The van der Waals surface area contributed by atoms with Crippen molar-refractivity contribution in [1.29, 1.82) is 0 Å². The second-order valence-corrected chi connectivity index (χ2v) is 3.58. The molecule has 0 radical (unpaired) electrons. The van der Waals surface area contributed by atoms with Crippen molar-refractivity contribution in [3.05, 3.63) is 12.2 Å². The van der Waals surface area contributed by atoms with E-state index in [-0.39, 0.29) is 18.3 Å². The molecule has 0 aromatic rings. The van der Waals surface area contributed by atoms with Crippen LogP contribution in [0.25, 0.3) is 0 Å². The molecule has 6 heteroatoms. The maximum atomic E-state index is 11.0. The summed E-state index contributed by atoms with van der Waals surface area (Å²) in [6.45, 7) is 4.19. The number of carbonyl (C=O) groups is 2. The molecule has 0 aliphatic heterocycles. The van der Waals surface area contributed by atoms with Gasteiger partial charge in [0.1, 0.15) is 0 Å². The van der Waals surface area contributed by atoms with Gasteiger partial charge in [-0.15, -0.1) is 17.5 Å². The number of hydrogen-bond acceptors (Lipinski definition) is 5. The van der Waals surface area contributed by atoms with Crippen LogP contribution in [0, 0.1) is 5.92 Å². The van der Waals surface area contributed by atoms with Gasteiger partial charge in [-0.1, -0.05) is 13.8 Å². The van der Waals surface area contributed by atoms with Crippen LogP contribution in [-0.4, -0.2) is 37.7 Å². The Balaban J connectivity index is 0. The van der Waals surface area contributed by atoms with Crippen molar-refractivity contribution in [2.75, 3.05) is 20.7 Å². The maximum Gasteiger partial charge on any atom is 0.349 e. The summed E-state index contributed by atoms with van der Waals surface area (Å²) in [7, 11) is 3.14. The van der Waals surface area contributed by atoms with Gasteiger partial charge in [-0.25, -0.2) is 9.59 Å². The Morgan fingerprint density at radius 3 is 2.12 bits per heavy atom. The fourth-order valence-electron chi connectivity index (χ4n) is 0.643. The van der Waals surface area contributed by atoms with Gasteiger partial charge in [0.25, 0.3) is 0 Å². The van der Waals surface area contributed by atoms with Crippen LogP contribution < -0.4 is 0 Å². The van der Waals surface area contributed by atoms with E-state index in [0.717, 1.165) is 12.2 Å². The second kappa shape index (κ2) is 9.18. The molecule has 0 spiro atoms. The first-order valence-electron chi connectivity index (χ1n) is 4.66. The highest BCUT2D eigenvalue weighted by atomic mass is 35.5. The summed E-state index contributed by atoms with van der Waals surface area (Å²) < 4.78 is 4.81. The molecule has 0 aliphatic rings. The molecule has 0 N–H and O–H groups in total. The van der Waals surface area contributed by atoms with E-state index >= 15 is 0 Å². The number of hydrogen-bond donors (Lipinski definition) is 0. The third kappa shape index (κ3) is 11.0. The van der Waals surface area contributed by atoms with Crippen LogP contribution in [-0.2, 0) is 19.2 Å². The Morgan fingerprint density at radius 2 is 1.69 bits per heavy atom. The second-order valence-electron chi connectivity index (χ2n) is 3.58. The molecule has 16 heavy (non-hydrogen) atoms. The molecule has 0 rings (SSSR count). The smallest absolute Gasteiger partial charge is 0.349 e. The minimum Gasteiger partial charge on any atom is -0.462 e. The predicted octanol–water partition coefficient (Wildman–Crippen LogP) is 1.18. The van der Waals surface area contributed by atoms with E-state index in [4.69, 9.17) is 4.74 Å². The number of nitrogens with zero attached hydrogens (tertiary/aromatic N) is 1. The lowest BCUT2D eigenvalue weighted by Crippen LogP contribution is -2.17. The first-order valence-corrected chi connectivity index (χ1v) is 4.66. The summed E-state index contributed by atoms with van der Waals surface area (Å²) in [5, 5.41) is 1.24. The highest BCUT2D eigenvalue weighted by Crippen LogP contribution is 1.94. The molecule has 0 unspecified atom stereocenters. The van der Waals surface area contributed by atoms with E-state index in [1.165, 1.54) is 5.06 Å². The molecule has 0 saturated heterocycles. The molecule has 0 aliphatic carbocycles. The zero-order valence-corrected chi connectivity index (χ0v) is 10.7. The zero-order valence-electron chi connectivity index (χ0n) is 9.93. The predicted molar refractivity (Wildman–Crippen MR) is 62.0 cm³/mol. The SMILES string of the molecule is CC(C)COC(=O)/C=C/C(=O)ON(C)C.Cl. The van der Waals surface area contributed by atoms with Crippen LogP contribution in [0.15, 0.2) is 12.2 Å². The lowest BCUT2D eigenvalue weighted by atomic mass is 10.2. The molecule has 0 atom stereocenters. The minimum atomic E-state index is -0.610. The Hall–Kier alpha value is -1.07. The van der Waals surface area contributed by atoms with Crippen molar-refractivity contribution < 1.29 is 19.2 Å². The fraction of sp³-hybridized carbons (Fsp3) is 0.600. The monoisotopic (exact) mass is 251 g/mol. The molecule has 0 aromatic heterocycles. The number of rotatable bonds is 5. The quantitative estimate of drug-likeness (QED) is 0.417. The Labute approximate surface area is 102 Å². The molecular formula is C10H18ClNO4. The van der Waals surface area contributed by atoms with E-state index in [9.17, 15) is 9.59 Å². The van der Waals surface area contributed by atoms with Crippen molar-refractivity contribution in [3.8, 4) is 0 Å². The van der Waals surface area contributed by atoms with Gasteiger partial charge in [-0.05, 0) is 5.92 Å². The summed E-state index contributed by atoms with van der Waals surface area (Å²) in [4.78, 5) is 26.6. The van der Waals surface area contributed by atoms with Gasteiger partial charge < -0.3 is 9.57 Å². The third-order valence-corrected chi connectivity index (χ3v) is 1.19. The Bertz CT molecular complexity index is 251. The molecular weight excluding hydrogens is 234 g/mol. The Morgan fingerprint density at radius 1 is 1.19 bits per heavy atom. The number of halogens is 1. The van der Waals surface area contributed by atoms with E-state index < -0.39 is 11.9 Å². The number of ether oxygens (including phenoxy) is 1. The summed E-state index contributed by atoms with van der Waals surface area (Å²) in [5.74, 6) is -0.878. The van der Waals surface area contributed by atoms with Crippen LogP contribution in [0.5, 0.6) is 0 Å². The number of esters is 1. The number of hydroxylamine groups is 2. The van der Waals surface area contributed by atoms with Gasteiger partial charge in [0.05, 0.1) is 6.61 Å². The molecule has 0 heterocycles. The largest absolute Gasteiger partial charge is 0.462 e. The third-order valence-electron chi connectivity index (χ3n) is 1.19. The van der Waals surface area contributed by atoms with Crippen LogP contribution in [0.2, 0.25) is 0 Å². The van der Waals surface area contributed by atoms with Crippen LogP contribution in [0.3, 0.4) is 0 Å². The molecule has 5 nitrogen and oxygen atoms in total. The van der Waals surface area contributed by atoms with Crippen molar-refractivity contribution >= 4 is 24.3 Å². The normalized spacial score (nSPS) is 10.4. The van der Waals surface area contributed by atoms with Gasteiger partial charge in [-0.2, -0.15) is 0 Å².